The van der Waals surface area contributed by atoms with E-state index in [1.165, 1.54) is 62.2 Å². The van der Waals surface area contributed by atoms with Gasteiger partial charge in [-0.25, -0.2) is 0 Å². The number of hydrogen-bond donors (Lipinski definition) is 0. The normalized spacial score (nSPS) is 9.79. The van der Waals surface area contributed by atoms with Crippen molar-refractivity contribution in [2.45, 2.75) is 95.3 Å². The molecule has 0 aromatic heterocycles. The van der Waals surface area contributed by atoms with Crippen molar-refractivity contribution in [3.8, 4) is 0 Å². The predicted octanol–water partition coefficient (Wildman–Crippen LogP) is 4.03. The van der Waals surface area contributed by atoms with Gasteiger partial charge in [0.05, 0.1) is 0 Å². The van der Waals surface area contributed by atoms with Gasteiger partial charge in [-0.1, -0.05) is 58.3 Å². The molecule has 0 spiro atoms. The quantitative estimate of drug-likeness (QED) is 0.382. The molecule has 0 N–H and O–H groups in total. The first kappa shape index (κ1) is 21.6. The summed E-state index contributed by atoms with van der Waals surface area (Å²) in [5.74, 6) is -0.909. The second kappa shape index (κ2) is 20.6. The Bertz CT molecular complexity index is 170. The zero-order valence-corrected chi connectivity index (χ0v) is 15.9. The van der Waals surface area contributed by atoms with Crippen LogP contribution in [0.25, 0.3) is 0 Å². The van der Waals surface area contributed by atoms with Crippen molar-refractivity contribution in [1.82, 2.24) is 0 Å². The fourth-order valence-electron chi connectivity index (χ4n) is 1.76. The molecule has 0 bridgehead atoms. The van der Waals surface area contributed by atoms with E-state index >= 15 is 0 Å². The Kier molecular flexibility index (Phi) is 23.4. The minimum absolute atomic E-state index is 0.232. The number of carboxylic acids is 1. The molecule has 19 heavy (non-hydrogen) atoms. The van der Waals surface area contributed by atoms with Gasteiger partial charge < -0.3 is 9.90 Å². The summed E-state index contributed by atoms with van der Waals surface area (Å²) in [6.45, 7) is 4.45. The summed E-state index contributed by atoms with van der Waals surface area (Å²) in [6.07, 6.45) is 14.0. The molecule has 0 amide bonds. The fourth-order valence-corrected chi connectivity index (χ4v) is 2.77. The second-order valence-corrected chi connectivity index (χ2v) is 6.48. The predicted molar refractivity (Wildman–Crippen MR) is 82.3 cm³/mol. The van der Waals surface area contributed by atoms with E-state index in [1.54, 1.807) is 22.5 Å². The molecule has 0 aromatic carbocycles. The van der Waals surface area contributed by atoms with Gasteiger partial charge in [-0.2, -0.15) is 0 Å². The molecule has 0 atom stereocenters. The van der Waals surface area contributed by atoms with Crippen LogP contribution in [-0.4, -0.2) is 28.5 Å². The van der Waals surface area contributed by atoms with Gasteiger partial charge >= 0.3 is 46.7 Å². The van der Waals surface area contributed by atoms with Crippen LogP contribution in [0.5, 0.6) is 0 Å². The molecule has 0 fully saturated rings. The van der Waals surface area contributed by atoms with Crippen molar-refractivity contribution < 1.29 is 9.90 Å². The van der Waals surface area contributed by atoms with Crippen molar-refractivity contribution in [2.24, 2.45) is 0 Å². The minimum atomic E-state index is -0.909. The van der Waals surface area contributed by atoms with E-state index < -0.39 is 5.97 Å². The van der Waals surface area contributed by atoms with Crippen LogP contribution >= 0.6 is 0 Å². The molecular formula is C16H32O2Sn. The Morgan fingerprint density at radius 3 is 1.53 bits per heavy atom. The fraction of sp³-hybridized carbons (Fsp3) is 0.938. The molecule has 112 valence electrons. The van der Waals surface area contributed by atoms with Gasteiger partial charge in [0.25, 0.3) is 0 Å². The molecule has 0 aliphatic heterocycles. The molecule has 2 radical (unpaired) electrons. The number of carbonyl (C=O) groups excluding carboxylic acids is 1. The van der Waals surface area contributed by atoms with Gasteiger partial charge in [-0.15, -0.1) is 0 Å². The van der Waals surface area contributed by atoms with E-state index in [0.29, 0.717) is 0 Å². The summed E-state index contributed by atoms with van der Waals surface area (Å²) < 4.78 is 1.43. The molecule has 0 saturated heterocycles. The van der Waals surface area contributed by atoms with Crippen molar-refractivity contribution in [2.75, 3.05) is 0 Å². The van der Waals surface area contributed by atoms with Crippen LogP contribution in [0.2, 0.25) is 4.44 Å². The van der Waals surface area contributed by atoms with Crippen LogP contribution in [0.4, 0.5) is 0 Å². The van der Waals surface area contributed by atoms with Crippen LogP contribution in [0.3, 0.4) is 0 Å². The molecule has 0 saturated carbocycles. The van der Waals surface area contributed by atoms with E-state index in [2.05, 4.69) is 13.8 Å². The monoisotopic (exact) mass is 376 g/mol. The molecule has 0 aromatic rings. The maximum atomic E-state index is 10.1. The zero-order valence-electron chi connectivity index (χ0n) is 13.0. The third kappa shape index (κ3) is 27.5. The van der Waals surface area contributed by atoms with E-state index in [0.717, 1.165) is 12.8 Å². The zero-order chi connectivity index (χ0) is 14.8. The van der Waals surface area contributed by atoms with E-state index in [4.69, 9.17) is 0 Å². The molecule has 2 nitrogen and oxygen atoms in total. The number of rotatable bonds is 12. The number of carboxylic acid groups (broad SMARTS) is 1. The van der Waals surface area contributed by atoms with E-state index in [9.17, 15) is 9.90 Å². The van der Waals surface area contributed by atoms with Gasteiger partial charge in [0.15, 0.2) is 0 Å². The number of carbonyl (C=O) groups is 1. The first-order chi connectivity index (χ1) is 9.18. The van der Waals surface area contributed by atoms with Gasteiger partial charge in [-0.3, -0.25) is 0 Å². The third-order valence-electron chi connectivity index (χ3n) is 3.01. The number of unbranched alkanes of at least 4 members (excludes halogenated alkanes) is 9. The molecule has 0 unspecified atom stereocenters. The topological polar surface area (TPSA) is 40.1 Å². The molecule has 0 aliphatic rings. The van der Waals surface area contributed by atoms with Crippen molar-refractivity contribution in [3.63, 3.8) is 0 Å². The van der Waals surface area contributed by atoms with Crippen molar-refractivity contribution in [1.29, 1.82) is 0 Å². The molecular weight excluding hydrogens is 343 g/mol. The molecule has 0 aliphatic carbocycles. The summed E-state index contributed by atoms with van der Waals surface area (Å²) in [5, 5.41) is 10.1. The summed E-state index contributed by atoms with van der Waals surface area (Å²) >= 11 is 1.68. The Hall–Kier alpha value is 0.269. The Morgan fingerprint density at radius 1 is 0.789 bits per heavy atom. The number of aliphatic carboxylic acids is 1. The maximum absolute atomic E-state index is 10.1. The Balaban J connectivity index is 0. The van der Waals surface area contributed by atoms with Gasteiger partial charge in [0, 0.05) is 5.97 Å². The van der Waals surface area contributed by atoms with Crippen LogP contribution in [0, 0.1) is 0 Å². The van der Waals surface area contributed by atoms with Gasteiger partial charge in [-0.05, 0) is 12.8 Å². The Morgan fingerprint density at radius 2 is 1.21 bits per heavy atom. The summed E-state index contributed by atoms with van der Waals surface area (Å²) in [5.41, 5.74) is 0. The van der Waals surface area contributed by atoms with E-state index in [-0.39, 0.29) is 6.42 Å². The average molecular weight is 375 g/mol. The first-order valence-corrected chi connectivity index (χ1v) is 10.0. The van der Waals surface area contributed by atoms with Crippen LogP contribution in [0.1, 0.15) is 90.9 Å². The molecule has 0 rings (SSSR count). The second-order valence-electron chi connectivity index (χ2n) is 5.05. The summed E-state index contributed by atoms with van der Waals surface area (Å²) in [6, 6.07) is 0. The average Bonchev–Trinajstić information content (AvgIpc) is 2.38. The van der Waals surface area contributed by atoms with E-state index in [1.807, 2.05) is 0 Å². The van der Waals surface area contributed by atoms with Gasteiger partial charge in [0.1, 0.15) is 0 Å². The van der Waals surface area contributed by atoms with Crippen molar-refractivity contribution >= 4 is 28.5 Å². The summed E-state index contributed by atoms with van der Waals surface area (Å²) in [7, 11) is 0. The van der Waals surface area contributed by atoms with Crippen LogP contribution in [0.15, 0.2) is 0 Å². The summed E-state index contributed by atoms with van der Waals surface area (Å²) in [4.78, 5) is 10.1. The standard InChI is InChI=1S/C12H24O2.C4H9.Sn/c1-2-3-4-5-6-7-8-9-10-11-12(13)14;1-3-4-2;/h2-11H2,1H3,(H,13,14);1,3-4H2,2H3;/q;;+1/p-1. The number of hydrogen-bond acceptors (Lipinski definition) is 2. The SMILES string of the molecule is CCCCCCCCCCCC(=O)[O-].CCC[CH2][Sn+]. The van der Waals surface area contributed by atoms with Gasteiger partial charge in [0.2, 0.25) is 0 Å². The Labute approximate surface area is 133 Å². The molecule has 3 heteroatoms. The third-order valence-corrected chi connectivity index (χ3v) is 4.02. The van der Waals surface area contributed by atoms with Crippen LogP contribution in [-0.2, 0) is 4.79 Å². The van der Waals surface area contributed by atoms with Crippen molar-refractivity contribution in [3.05, 3.63) is 0 Å². The van der Waals surface area contributed by atoms with Crippen LogP contribution < -0.4 is 5.11 Å². The molecule has 0 heterocycles. The first-order valence-electron chi connectivity index (χ1n) is 8.03.